The molecule has 19 heavy (non-hydrogen) atoms. The molecule has 0 fully saturated rings. The van der Waals surface area contributed by atoms with Gasteiger partial charge in [0.1, 0.15) is 0 Å². The molecule has 1 aromatic rings. The van der Waals surface area contributed by atoms with Crippen LogP contribution in [-0.4, -0.2) is 23.7 Å². The molecule has 0 spiro atoms. The third-order valence-electron chi connectivity index (χ3n) is 2.42. The zero-order chi connectivity index (χ0) is 15.0. The normalized spacial score (nSPS) is 15.3. The molecule has 3 N–H and O–H groups in total. The van der Waals surface area contributed by atoms with Crippen LogP contribution < -0.4 is 5.73 Å². The average Bonchev–Trinajstić information content (AvgIpc) is 2.26. The van der Waals surface area contributed by atoms with Crippen molar-refractivity contribution < 1.29 is 36.2 Å². The second-order valence-electron chi connectivity index (χ2n) is 3.62. The highest BCUT2D eigenvalue weighted by molar-refractivity contribution is 5.93. The zero-order valence-electron chi connectivity index (χ0n) is 9.01. The van der Waals surface area contributed by atoms with Crippen LogP contribution in [0, 0.1) is 0 Å². The van der Waals surface area contributed by atoms with Gasteiger partial charge in [-0.1, -0.05) is 6.07 Å². The molecular formula is C10H7F6NO2. The molecule has 0 aliphatic carbocycles. The highest BCUT2D eigenvalue weighted by Crippen LogP contribution is 2.47. The van der Waals surface area contributed by atoms with Crippen molar-refractivity contribution in [2.75, 3.05) is 5.73 Å². The van der Waals surface area contributed by atoms with Crippen LogP contribution in [0.3, 0.4) is 0 Å². The lowest BCUT2D eigenvalue weighted by Gasteiger charge is -2.27. The number of rotatable bonds is 3. The van der Waals surface area contributed by atoms with E-state index >= 15 is 0 Å². The number of hydrogen-bond acceptors (Lipinski definition) is 2. The van der Waals surface area contributed by atoms with Crippen molar-refractivity contribution in [1.82, 2.24) is 0 Å². The summed E-state index contributed by atoms with van der Waals surface area (Å²) in [5.41, 5.74) is -2.67. The van der Waals surface area contributed by atoms with Gasteiger partial charge in [-0.15, -0.1) is 0 Å². The van der Waals surface area contributed by atoms with Gasteiger partial charge < -0.3 is 10.8 Å². The van der Waals surface area contributed by atoms with E-state index in [2.05, 4.69) is 0 Å². The minimum absolute atomic E-state index is 0.150. The number of nitrogens with two attached hydrogens (primary N) is 1. The SMILES string of the molecule is Nc1ccc(C(F)(C(F)F)C(F)(F)F)cc1C(=O)O. The maximum atomic E-state index is 13.6. The number of nitrogen functional groups attached to an aromatic ring is 1. The van der Waals surface area contributed by atoms with Gasteiger partial charge in [0.2, 0.25) is 0 Å². The number of carboxylic acid groups (broad SMARTS) is 1. The quantitative estimate of drug-likeness (QED) is 0.663. The number of carbonyl (C=O) groups is 1. The van der Waals surface area contributed by atoms with E-state index in [0.29, 0.717) is 12.1 Å². The Bertz CT molecular complexity index is 501. The Morgan fingerprint density at radius 1 is 1.21 bits per heavy atom. The fraction of sp³-hybridized carbons (Fsp3) is 0.300. The van der Waals surface area contributed by atoms with E-state index in [1.54, 1.807) is 0 Å². The van der Waals surface area contributed by atoms with Crippen molar-refractivity contribution in [2.24, 2.45) is 0 Å². The van der Waals surface area contributed by atoms with E-state index < -0.39 is 41.1 Å². The van der Waals surface area contributed by atoms with Crippen molar-refractivity contribution in [3.05, 3.63) is 29.3 Å². The molecule has 0 aliphatic rings. The molecule has 0 amide bonds. The predicted molar refractivity (Wildman–Crippen MR) is 52.7 cm³/mol. The van der Waals surface area contributed by atoms with E-state index in [9.17, 15) is 31.1 Å². The molecular weight excluding hydrogens is 280 g/mol. The van der Waals surface area contributed by atoms with Crippen molar-refractivity contribution in [3.63, 3.8) is 0 Å². The number of anilines is 1. The van der Waals surface area contributed by atoms with Gasteiger partial charge in [-0.25, -0.2) is 18.0 Å². The summed E-state index contributed by atoms with van der Waals surface area (Å²) in [5.74, 6) is -1.75. The first-order valence-corrected chi connectivity index (χ1v) is 4.69. The largest absolute Gasteiger partial charge is 0.478 e. The van der Waals surface area contributed by atoms with Crippen LogP contribution in [0.4, 0.5) is 32.0 Å². The monoisotopic (exact) mass is 287 g/mol. The van der Waals surface area contributed by atoms with Gasteiger partial charge >= 0.3 is 12.1 Å². The van der Waals surface area contributed by atoms with Crippen LogP contribution in [0.2, 0.25) is 0 Å². The Kier molecular flexibility index (Phi) is 3.69. The third kappa shape index (κ3) is 2.45. The summed E-state index contributed by atoms with van der Waals surface area (Å²) in [5, 5.41) is 8.63. The Balaban J connectivity index is 3.50. The summed E-state index contributed by atoms with van der Waals surface area (Å²) in [6.07, 6.45) is -10.3. The highest BCUT2D eigenvalue weighted by atomic mass is 19.4. The first-order chi connectivity index (χ1) is 8.51. The van der Waals surface area contributed by atoms with Gasteiger partial charge in [-0.3, -0.25) is 0 Å². The molecule has 0 saturated carbocycles. The summed E-state index contributed by atoms with van der Waals surface area (Å²) in [6, 6.07) is 1.15. The van der Waals surface area contributed by atoms with Gasteiger partial charge in [0.25, 0.3) is 12.1 Å². The van der Waals surface area contributed by atoms with Crippen LogP contribution >= 0.6 is 0 Å². The first kappa shape index (κ1) is 15.1. The van der Waals surface area contributed by atoms with Crippen molar-refractivity contribution in [2.45, 2.75) is 18.3 Å². The Labute approximate surface area is 102 Å². The number of alkyl halides is 6. The van der Waals surface area contributed by atoms with Gasteiger partial charge in [-0.2, -0.15) is 13.2 Å². The number of hydrogen-bond donors (Lipinski definition) is 2. The molecule has 1 rings (SSSR count). The summed E-state index contributed by atoms with van der Waals surface area (Å²) in [7, 11) is 0. The smallest absolute Gasteiger partial charge is 0.432 e. The van der Waals surface area contributed by atoms with E-state index in [4.69, 9.17) is 10.8 Å². The van der Waals surface area contributed by atoms with E-state index in [0.717, 1.165) is 0 Å². The lowest BCUT2D eigenvalue weighted by Crippen LogP contribution is -2.44. The molecule has 1 unspecified atom stereocenters. The van der Waals surface area contributed by atoms with Gasteiger partial charge in [-0.05, 0) is 12.1 Å². The molecule has 3 nitrogen and oxygen atoms in total. The van der Waals surface area contributed by atoms with Crippen LogP contribution in [0.15, 0.2) is 18.2 Å². The number of carboxylic acids is 1. The molecule has 9 heteroatoms. The molecule has 106 valence electrons. The molecule has 0 bridgehead atoms. The number of halogens is 6. The van der Waals surface area contributed by atoms with Crippen LogP contribution in [0.1, 0.15) is 15.9 Å². The standard InChI is InChI=1S/C10H7F6NO2/c11-8(12)9(13,10(14,15)16)4-1-2-6(17)5(3-4)7(18)19/h1-3,8H,17H2,(H,18,19). The van der Waals surface area contributed by atoms with Crippen LogP contribution in [0.25, 0.3) is 0 Å². The number of aromatic carboxylic acids is 1. The van der Waals surface area contributed by atoms with Crippen molar-refractivity contribution in [1.29, 1.82) is 0 Å². The van der Waals surface area contributed by atoms with E-state index in [-0.39, 0.29) is 6.07 Å². The van der Waals surface area contributed by atoms with Gasteiger partial charge in [0.05, 0.1) is 5.56 Å². The summed E-state index contributed by atoms with van der Waals surface area (Å²) >= 11 is 0. The maximum Gasteiger partial charge on any atom is 0.432 e. The minimum atomic E-state index is -5.90. The van der Waals surface area contributed by atoms with Gasteiger partial charge in [0, 0.05) is 11.3 Å². The van der Waals surface area contributed by atoms with Gasteiger partial charge in [0.15, 0.2) is 0 Å². The Morgan fingerprint density at radius 2 is 1.74 bits per heavy atom. The lowest BCUT2D eigenvalue weighted by atomic mass is 9.93. The Morgan fingerprint density at radius 3 is 2.11 bits per heavy atom. The molecule has 0 saturated heterocycles. The number of benzene rings is 1. The summed E-state index contributed by atoms with van der Waals surface area (Å²) in [4.78, 5) is 10.6. The van der Waals surface area contributed by atoms with Crippen molar-refractivity contribution >= 4 is 11.7 Å². The lowest BCUT2D eigenvalue weighted by molar-refractivity contribution is -0.274. The highest BCUT2D eigenvalue weighted by Gasteiger charge is 2.64. The maximum absolute atomic E-state index is 13.6. The molecule has 0 radical (unpaired) electrons. The fourth-order valence-electron chi connectivity index (χ4n) is 1.38. The summed E-state index contributed by atoms with van der Waals surface area (Å²) < 4.78 is 75.8. The minimum Gasteiger partial charge on any atom is -0.478 e. The van der Waals surface area contributed by atoms with E-state index in [1.165, 1.54) is 0 Å². The van der Waals surface area contributed by atoms with Crippen LogP contribution in [-0.2, 0) is 5.67 Å². The molecule has 0 aliphatic heterocycles. The second-order valence-corrected chi connectivity index (χ2v) is 3.62. The topological polar surface area (TPSA) is 63.3 Å². The molecule has 1 atom stereocenters. The molecule has 0 aromatic heterocycles. The third-order valence-corrected chi connectivity index (χ3v) is 2.42. The molecule has 1 aromatic carbocycles. The second kappa shape index (κ2) is 4.63. The fourth-order valence-corrected chi connectivity index (χ4v) is 1.38. The van der Waals surface area contributed by atoms with Crippen molar-refractivity contribution in [3.8, 4) is 0 Å². The average molecular weight is 287 g/mol. The summed E-state index contributed by atoms with van der Waals surface area (Å²) in [6.45, 7) is 0. The molecule has 0 heterocycles. The first-order valence-electron chi connectivity index (χ1n) is 4.69. The van der Waals surface area contributed by atoms with E-state index in [1.807, 2.05) is 0 Å². The predicted octanol–water partition coefficient (Wildman–Crippen LogP) is 2.96. The Hall–Kier alpha value is -1.93. The zero-order valence-corrected chi connectivity index (χ0v) is 9.01. The van der Waals surface area contributed by atoms with Crippen LogP contribution in [0.5, 0.6) is 0 Å².